The van der Waals surface area contributed by atoms with E-state index in [-0.39, 0.29) is 5.92 Å². The summed E-state index contributed by atoms with van der Waals surface area (Å²) in [6.45, 7) is 3.58. The molecule has 1 unspecified atom stereocenters. The lowest BCUT2D eigenvalue weighted by atomic mass is 9.85. The van der Waals surface area contributed by atoms with Crippen molar-refractivity contribution in [2.24, 2.45) is 5.92 Å². The molecular weight excluding hydrogens is 253 g/mol. The first kappa shape index (κ1) is 12.3. The Balaban J connectivity index is 2.14. The largest absolute Gasteiger partial charge is 0.376 e. The fourth-order valence-electron chi connectivity index (χ4n) is 1.88. The quantitative estimate of drug-likeness (QED) is 0.497. The number of hydrogen-bond donors (Lipinski definition) is 0. The molecule has 0 amide bonds. The molecule has 2 fully saturated rings. The van der Waals surface area contributed by atoms with Crippen LogP contribution in [0.1, 0.15) is 6.92 Å². The molecule has 0 N–H and O–H groups in total. The molecule has 0 aromatic rings. The maximum atomic E-state index is 13.6. The molecule has 2 saturated heterocycles. The molecular formula is C8H13BFO2PS2. The van der Waals surface area contributed by atoms with Crippen LogP contribution in [-0.2, 0) is 9.30 Å². The number of hydrogen-bond acceptors (Lipinski definition) is 4. The minimum absolute atomic E-state index is 0.215. The van der Waals surface area contributed by atoms with Crippen LogP contribution in [0, 0.1) is 5.92 Å². The van der Waals surface area contributed by atoms with Crippen molar-refractivity contribution in [3.63, 3.8) is 0 Å². The highest BCUT2D eigenvalue weighted by molar-refractivity contribution is 8.90. The van der Waals surface area contributed by atoms with Crippen molar-refractivity contribution >= 4 is 36.2 Å². The molecule has 1 spiro atoms. The molecule has 2 nitrogen and oxygen atoms in total. The van der Waals surface area contributed by atoms with Crippen LogP contribution < -0.4 is 0 Å². The van der Waals surface area contributed by atoms with Gasteiger partial charge in [0.15, 0.2) is 5.55 Å². The highest BCUT2D eigenvalue weighted by Crippen LogP contribution is 2.71. The monoisotopic (exact) mass is 266 g/mol. The van der Waals surface area contributed by atoms with E-state index >= 15 is 0 Å². The van der Waals surface area contributed by atoms with Gasteiger partial charge in [0.25, 0.3) is 0 Å². The third-order valence-electron chi connectivity index (χ3n) is 3.08. The fraction of sp³-hybridized carbons (Fsp3) is 1.00. The van der Waals surface area contributed by atoms with Crippen LogP contribution in [0.25, 0.3) is 0 Å². The van der Waals surface area contributed by atoms with Crippen molar-refractivity contribution in [2.75, 3.05) is 18.2 Å². The van der Waals surface area contributed by atoms with Gasteiger partial charge in [0.2, 0.25) is 0 Å². The van der Waals surface area contributed by atoms with E-state index in [4.69, 9.17) is 12.6 Å². The summed E-state index contributed by atoms with van der Waals surface area (Å²) >= 11 is 2.79. The normalized spacial score (nSPS) is 56.1. The van der Waals surface area contributed by atoms with E-state index in [0.717, 1.165) is 0 Å². The Morgan fingerprint density at radius 1 is 1.53 bits per heavy atom. The summed E-state index contributed by atoms with van der Waals surface area (Å²) in [6, 6.07) is -0.824. The van der Waals surface area contributed by atoms with Crippen LogP contribution >= 0.6 is 28.3 Å². The third kappa shape index (κ3) is 2.15. The van der Waals surface area contributed by atoms with Gasteiger partial charge in [-0.2, -0.15) is 0 Å². The Hall–Kier alpha value is 0.885. The number of rotatable bonds is 0. The Morgan fingerprint density at radius 2 is 2.07 bits per heavy atom. The maximum Gasteiger partial charge on any atom is 0.188 e. The van der Waals surface area contributed by atoms with Gasteiger partial charge in [0.1, 0.15) is 14.0 Å². The van der Waals surface area contributed by atoms with Crippen molar-refractivity contribution in [2.45, 2.75) is 24.7 Å². The van der Waals surface area contributed by atoms with E-state index in [0.29, 0.717) is 11.5 Å². The van der Waals surface area contributed by atoms with Gasteiger partial charge in [-0.15, -0.1) is 0 Å². The van der Waals surface area contributed by atoms with Crippen LogP contribution in [0.3, 0.4) is 0 Å². The highest BCUT2D eigenvalue weighted by atomic mass is 33.1. The van der Waals surface area contributed by atoms with Gasteiger partial charge in [0.05, 0.1) is 5.60 Å². The number of halogens is 1. The predicted molar refractivity (Wildman–Crippen MR) is 65.9 cm³/mol. The first-order chi connectivity index (χ1) is 6.86. The SMILES string of the molecule is [B][C@@H]1OC2(CSP(C)(=O)SC2)C(C)[C@@H]1F. The fourth-order valence-corrected chi connectivity index (χ4v) is 8.42. The van der Waals surface area contributed by atoms with Crippen LogP contribution in [0.4, 0.5) is 4.39 Å². The summed E-state index contributed by atoms with van der Waals surface area (Å²) < 4.78 is 30.9. The van der Waals surface area contributed by atoms with Crippen molar-refractivity contribution < 1.29 is 13.7 Å². The Bertz CT molecular complexity index is 305. The van der Waals surface area contributed by atoms with Crippen LogP contribution in [-0.4, -0.2) is 43.8 Å². The van der Waals surface area contributed by atoms with Crippen LogP contribution in [0.2, 0.25) is 0 Å². The summed E-state index contributed by atoms with van der Waals surface area (Å²) in [5.74, 6) is 0.958. The Labute approximate surface area is 98.7 Å². The van der Waals surface area contributed by atoms with Gasteiger partial charge in [-0.1, -0.05) is 29.7 Å². The lowest BCUT2D eigenvalue weighted by molar-refractivity contribution is 0.00725. The minimum Gasteiger partial charge on any atom is -0.376 e. The zero-order chi connectivity index (χ0) is 11.3. The zero-order valence-electron chi connectivity index (χ0n) is 8.68. The molecule has 15 heavy (non-hydrogen) atoms. The zero-order valence-corrected chi connectivity index (χ0v) is 11.2. The third-order valence-corrected chi connectivity index (χ3v) is 10.7. The lowest BCUT2D eigenvalue weighted by Gasteiger charge is -2.37. The van der Waals surface area contributed by atoms with E-state index in [2.05, 4.69) is 0 Å². The highest BCUT2D eigenvalue weighted by Gasteiger charge is 2.54. The first-order valence-corrected chi connectivity index (χ1v) is 10.1. The minimum atomic E-state index is -2.14. The molecule has 0 aromatic carbocycles. The second-order valence-electron chi connectivity index (χ2n) is 4.20. The first-order valence-electron chi connectivity index (χ1n) is 4.80. The molecule has 3 atom stereocenters. The van der Waals surface area contributed by atoms with Crippen molar-refractivity contribution in [1.82, 2.24) is 0 Å². The van der Waals surface area contributed by atoms with E-state index < -0.39 is 23.3 Å². The number of alkyl halides is 1. The molecule has 2 rings (SSSR count). The topological polar surface area (TPSA) is 26.3 Å². The standard InChI is InChI=1S/C8H13BFO2PS2/c1-5-6(10)7(9)12-8(5)3-14-13(2,11)15-4-8/h5-7H,3-4H2,1-2H3/t5?,6-,7+,8?,13?/m0/s1. The average molecular weight is 266 g/mol. The summed E-state index contributed by atoms with van der Waals surface area (Å²) in [7, 11) is 5.56. The second-order valence-corrected chi connectivity index (χ2v) is 13.3. The number of ether oxygens (including phenoxy) is 1. The van der Waals surface area contributed by atoms with Gasteiger partial charge in [-0.3, -0.25) is 0 Å². The summed E-state index contributed by atoms with van der Waals surface area (Å²) in [5.41, 5.74) is -2.66. The molecule has 0 bridgehead atoms. The molecule has 2 aliphatic rings. The van der Waals surface area contributed by atoms with Crippen molar-refractivity contribution in [3.8, 4) is 0 Å². The van der Waals surface area contributed by atoms with E-state index in [1.54, 1.807) is 6.66 Å². The van der Waals surface area contributed by atoms with Gasteiger partial charge in [-0.25, -0.2) is 4.39 Å². The van der Waals surface area contributed by atoms with Crippen LogP contribution in [0.5, 0.6) is 0 Å². The van der Waals surface area contributed by atoms with Crippen molar-refractivity contribution in [3.05, 3.63) is 0 Å². The summed E-state index contributed by atoms with van der Waals surface area (Å²) in [4.78, 5) is 0. The van der Waals surface area contributed by atoms with Gasteiger partial charge in [-0.05, 0) is 0 Å². The summed E-state index contributed by atoms with van der Waals surface area (Å²) in [6.07, 6.45) is -1.11. The van der Waals surface area contributed by atoms with Gasteiger partial charge in [0, 0.05) is 30.1 Å². The molecule has 84 valence electrons. The predicted octanol–water partition coefficient (Wildman–Crippen LogP) is 2.53. The molecule has 0 aliphatic carbocycles. The van der Waals surface area contributed by atoms with Crippen LogP contribution in [0.15, 0.2) is 0 Å². The smallest absolute Gasteiger partial charge is 0.188 e. The van der Waals surface area contributed by atoms with E-state index in [9.17, 15) is 8.96 Å². The average Bonchev–Trinajstić information content (AvgIpc) is 2.38. The molecule has 2 aliphatic heterocycles. The Morgan fingerprint density at radius 3 is 2.47 bits per heavy atom. The Kier molecular flexibility index (Phi) is 3.27. The lowest BCUT2D eigenvalue weighted by Crippen LogP contribution is -2.42. The van der Waals surface area contributed by atoms with Crippen molar-refractivity contribution in [1.29, 1.82) is 0 Å². The van der Waals surface area contributed by atoms with Gasteiger partial charge < -0.3 is 9.30 Å². The van der Waals surface area contributed by atoms with E-state index in [1.807, 2.05) is 6.92 Å². The molecule has 0 aromatic heterocycles. The maximum absolute atomic E-state index is 13.6. The molecule has 2 heterocycles. The summed E-state index contributed by atoms with van der Waals surface area (Å²) in [5, 5.41) is 0. The van der Waals surface area contributed by atoms with E-state index in [1.165, 1.54) is 22.8 Å². The molecule has 2 radical (unpaired) electrons. The van der Waals surface area contributed by atoms with Gasteiger partial charge >= 0.3 is 0 Å². The molecule has 7 heteroatoms. The molecule has 0 saturated carbocycles. The second kappa shape index (κ2) is 3.97.